The van der Waals surface area contributed by atoms with Gasteiger partial charge in [-0.3, -0.25) is 14.9 Å². The van der Waals surface area contributed by atoms with Crippen molar-refractivity contribution in [2.45, 2.75) is 6.92 Å². The maximum atomic E-state index is 13.0. The summed E-state index contributed by atoms with van der Waals surface area (Å²) in [6.45, 7) is 1.30. The summed E-state index contributed by atoms with van der Waals surface area (Å²) in [4.78, 5) is 21.7. The lowest BCUT2D eigenvalue weighted by Gasteiger charge is -2.03. The highest BCUT2D eigenvalue weighted by atomic mass is 35.5. The third-order valence-electron chi connectivity index (χ3n) is 2.32. The molecule has 0 aliphatic carbocycles. The van der Waals surface area contributed by atoms with Crippen LogP contribution in [-0.4, -0.2) is 10.7 Å². The van der Waals surface area contributed by atoms with Gasteiger partial charge in [0.25, 0.3) is 5.06 Å². The molecule has 0 radical (unpaired) electrons. The van der Waals surface area contributed by atoms with Gasteiger partial charge >= 0.3 is 5.69 Å². The number of halogens is 2. The fraction of sp³-hybridized carbons (Fsp3) is 0.0833. The maximum Gasteiger partial charge on any atom is 0.323 e. The minimum atomic E-state index is -0.649. The Morgan fingerprint density at radius 2 is 2.15 bits per heavy atom. The SMILES string of the molecule is CC(=O)c1cc([N+](=O)[O-])c(Oc2ccc(F)c(Cl)c2)s1. The molecule has 2 aromatic rings. The molecule has 5 nitrogen and oxygen atoms in total. The van der Waals surface area contributed by atoms with E-state index in [2.05, 4.69) is 0 Å². The van der Waals surface area contributed by atoms with Gasteiger partial charge in [0.2, 0.25) is 0 Å². The number of nitrogens with zero attached hydrogens (tertiary/aromatic N) is 1. The molecule has 0 saturated carbocycles. The number of hydrogen-bond donors (Lipinski definition) is 0. The predicted molar refractivity (Wildman–Crippen MR) is 72.5 cm³/mol. The summed E-state index contributed by atoms with van der Waals surface area (Å²) in [7, 11) is 0. The second kappa shape index (κ2) is 5.56. The third kappa shape index (κ3) is 2.94. The molecular formula is C12H7ClFNO4S. The lowest BCUT2D eigenvalue weighted by atomic mass is 10.3. The van der Waals surface area contributed by atoms with Gasteiger partial charge in [-0.2, -0.15) is 0 Å². The Labute approximate surface area is 121 Å². The highest BCUT2D eigenvalue weighted by Gasteiger charge is 2.23. The number of hydrogen-bond acceptors (Lipinski definition) is 5. The number of rotatable bonds is 4. The van der Waals surface area contributed by atoms with Gasteiger partial charge in [-0.25, -0.2) is 4.39 Å². The van der Waals surface area contributed by atoms with Crippen molar-refractivity contribution in [1.82, 2.24) is 0 Å². The zero-order chi connectivity index (χ0) is 14.9. The van der Waals surface area contributed by atoms with E-state index in [1.54, 1.807) is 0 Å². The zero-order valence-corrected chi connectivity index (χ0v) is 11.6. The number of carbonyl (C=O) groups is 1. The van der Waals surface area contributed by atoms with Crippen LogP contribution in [0.1, 0.15) is 16.6 Å². The average Bonchev–Trinajstić information content (AvgIpc) is 2.78. The molecule has 1 heterocycles. The van der Waals surface area contributed by atoms with Crippen molar-refractivity contribution in [2.75, 3.05) is 0 Å². The Morgan fingerprint density at radius 1 is 1.45 bits per heavy atom. The van der Waals surface area contributed by atoms with Crippen molar-refractivity contribution in [3.8, 4) is 10.8 Å². The Morgan fingerprint density at radius 3 is 2.70 bits per heavy atom. The lowest BCUT2D eigenvalue weighted by molar-refractivity contribution is -0.385. The molecule has 0 fully saturated rings. The normalized spacial score (nSPS) is 10.3. The number of ketones is 1. The molecule has 0 atom stereocenters. The Hall–Kier alpha value is -1.99. The summed E-state index contributed by atoms with van der Waals surface area (Å²) in [5.74, 6) is -0.773. The zero-order valence-electron chi connectivity index (χ0n) is 10.1. The summed E-state index contributed by atoms with van der Waals surface area (Å²) in [5.41, 5.74) is -0.319. The first-order valence-corrected chi connectivity index (χ1v) is 6.50. The van der Waals surface area contributed by atoms with Crippen LogP contribution in [0.15, 0.2) is 24.3 Å². The first-order valence-electron chi connectivity index (χ1n) is 5.30. The summed E-state index contributed by atoms with van der Waals surface area (Å²) in [5, 5.41) is 10.7. The molecule has 0 bridgehead atoms. The second-order valence-corrected chi connectivity index (χ2v) is 5.20. The Bertz CT molecular complexity index is 701. The van der Waals surface area contributed by atoms with Crippen LogP contribution in [0.4, 0.5) is 10.1 Å². The van der Waals surface area contributed by atoms with Gasteiger partial charge in [0.05, 0.1) is 14.8 Å². The molecule has 0 spiro atoms. The largest absolute Gasteiger partial charge is 0.440 e. The van der Waals surface area contributed by atoms with Gasteiger partial charge in [0, 0.05) is 12.1 Å². The fourth-order valence-corrected chi connectivity index (χ4v) is 2.45. The fourth-order valence-electron chi connectivity index (χ4n) is 1.39. The number of thiophene rings is 1. The second-order valence-electron chi connectivity index (χ2n) is 3.77. The summed E-state index contributed by atoms with van der Waals surface area (Å²) in [6.07, 6.45) is 0. The minimum Gasteiger partial charge on any atom is -0.440 e. The number of carbonyl (C=O) groups excluding carboxylic acids is 1. The molecule has 0 aliphatic rings. The summed E-state index contributed by atoms with van der Waals surface area (Å²) in [6, 6.07) is 4.72. The molecule has 8 heteroatoms. The predicted octanol–water partition coefficient (Wildman–Crippen LogP) is 4.44. The Balaban J connectivity index is 2.39. The quantitative estimate of drug-likeness (QED) is 0.475. The molecule has 0 saturated heterocycles. The first-order chi connectivity index (χ1) is 9.38. The highest BCUT2D eigenvalue weighted by Crippen LogP contribution is 2.40. The molecule has 1 aromatic carbocycles. The van der Waals surface area contributed by atoms with Crippen LogP contribution in [0.2, 0.25) is 5.02 Å². The van der Waals surface area contributed by atoms with Gasteiger partial charge in [-0.1, -0.05) is 22.9 Å². The summed E-state index contributed by atoms with van der Waals surface area (Å²) < 4.78 is 18.3. The van der Waals surface area contributed by atoms with E-state index in [0.29, 0.717) is 0 Å². The van der Waals surface area contributed by atoms with Crippen LogP contribution in [0.5, 0.6) is 10.8 Å². The van der Waals surface area contributed by atoms with E-state index in [1.807, 2.05) is 0 Å². The molecular weight excluding hydrogens is 309 g/mol. The van der Waals surface area contributed by atoms with E-state index >= 15 is 0 Å². The molecule has 0 unspecified atom stereocenters. The lowest BCUT2D eigenvalue weighted by Crippen LogP contribution is -1.90. The minimum absolute atomic E-state index is 0.0529. The van der Waals surface area contributed by atoms with Crippen molar-refractivity contribution in [3.63, 3.8) is 0 Å². The van der Waals surface area contributed by atoms with E-state index in [1.165, 1.54) is 19.1 Å². The van der Waals surface area contributed by atoms with Crippen molar-refractivity contribution in [2.24, 2.45) is 0 Å². The monoisotopic (exact) mass is 315 g/mol. The van der Waals surface area contributed by atoms with E-state index < -0.39 is 10.7 Å². The van der Waals surface area contributed by atoms with Gasteiger partial charge in [-0.05, 0) is 19.1 Å². The number of ether oxygens (including phenoxy) is 1. The molecule has 104 valence electrons. The van der Waals surface area contributed by atoms with Crippen molar-refractivity contribution < 1.29 is 18.8 Å². The van der Waals surface area contributed by atoms with Crippen LogP contribution in [-0.2, 0) is 0 Å². The van der Waals surface area contributed by atoms with Gasteiger partial charge in [-0.15, -0.1) is 0 Å². The molecule has 0 amide bonds. The first kappa shape index (κ1) is 14.4. The Kier molecular flexibility index (Phi) is 4.01. The van der Waals surface area contributed by atoms with Crippen LogP contribution in [0.3, 0.4) is 0 Å². The molecule has 0 aliphatic heterocycles. The van der Waals surface area contributed by atoms with Gasteiger partial charge in [0.15, 0.2) is 5.78 Å². The van der Waals surface area contributed by atoms with Crippen molar-refractivity contribution >= 4 is 34.4 Å². The maximum absolute atomic E-state index is 13.0. The van der Waals surface area contributed by atoms with Gasteiger partial charge < -0.3 is 4.74 Å². The smallest absolute Gasteiger partial charge is 0.323 e. The van der Waals surface area contributed by atoms with Crippen LogP contribution in [0.25, 0.3) is 0 Å². The van der Waals surface area contributed by atoms with Crippen molar-refractivity contribution in [3.05, 3.63) is 50.1 Å². The van der Waals surface area contributed by atoms with E-state index in [9.17, 15) is 19.3 Å². The third-order valence-corrected chi connectivity index (χ3v) is 3.72. The van der Waals surface area contributed by atoms with Crippen molar-refractivity contribution in [1.29, 1.82) is 0 Å². The van der Waals surface area contributed by atoms with Crippen LogP contribution in [0, 0.1) is 15.9 Å². The molecule has 1 aromatic heterocycles. The number of Topliss-reactive ketones (excluding diaryl/α,β-unsaturated/α-hetero) is 1. The molecule has 2 rings (SSSR count). The number of nitro groups is 1. The average molecular weight is 316 g/mol. The van der Waals surface area contributed by atoms with Gasteiger partial charge in [0.1, 0.15) is 11.6 Å². The standard InChI is InChI=1S/C12H7ClFNO4S/c1-6(16)11-5-10(15(17)18)12(20-11)19-7-2-3-9(14)8(13)4-7/h2-5H,1H3. The van der Waals surface area contributed by atoms with E-state index in [4.69, 9.17) is 16.3 Å². The molecule has 20 heavy (non-hydrogen) atoms. The molecule has 0 N–H and O–H groups in total. The van der Waals surface area contributed by atoms with E-state index in [0.717, 1.165) is 23.5 Å². The van der Waals surface area contributed by atoms with Crippen LogP contribution < -0.4 is 4.74 Å². The topological polar surface area (TPSA) is 69.4 Å². The van der Waals surface area contributed by atoms with E-state index in [-0.39, 0.29) is 32.2 Å². The highest BCUT2D eigenvalue weighted by molar-refractivity contribution is 7.16. The van der Waals surface area contributed by atoms with Crippen LogP contribution >= 0.6 is 22.9 Å². The summed E-state index contributed by atoms with van der Waals surface area (Å²) >= 11 is 6.45. The number of benzene rings is 1.